The Balaban J connectivity index is 1.94. The Hall–Kier alpha value is -3.16. The lowest BCUT2D eigenvalue weighted by atomic mass is 10.1. The van der Waals surface area contributed by atoms with Crippen molar-refractivity contribution >= 4 is 40.1 Å². The highest BCUT2D eigenvalue weighted by Crippen LogP contribution is 2.30. The average molecular weight is 398 g/mol. The molecule has 144 valence electrons. The van der Waals surface area contributed by atoms with Crippen molar-refractivity contribution in [3.63, 3.8) is 0 Å². The van der Waals surface area contributed by atoms with Gasteiger partial charge in [0.25, 0.3) is 0 Å². The number of hydrogen-bond donors (Lipinski definition) is 3. The topological polar surface area (TPSA) is 118 Å². The van der Waals surface area contributed by atoms with Gasteiger partial charge in [-0.3, -0.25) is 9.69 Å². The normalized spacial score (nSPS) is 10.9. The summed E-state index contributed by atoms with van der Waals surface area (Å²) in [5, 5.41) is 11.2. The summed E-state index contributed by atoms with van der Waals surface area (Å²) < 4.78 is 0. The van der Waals surface area contributed by atoms with Crippen molar-refractivity contribution in [2.24, 2.45) is 16.5 Å². The lowest BCUT2D eigenvalue weighted by Crippen LogP contribution is -2.28. The van der Waals surface area contributed by atoms with Crippen molar-refractivity contribution in [3.05, 3.63) is 70.9 Å². The third kappa shape index (κ3) is 4.97. The molecule has 3 aromatic rings. The Morgan fingerprint density at radius 1 is 1.07 bits per heavy atom. The van der Waals surface area contributed by atoms with Crippen molar-refractivity contribution in [1.29, 1.82) is 0 Å². The molecule has 0 aliphatic rings. The number of hydrogen-bond acceptors (Lipinski definition) is 4. The number of aliphatic carboxylic acids is 1. The van der Waals surface area contributed by atoms with Crippen LogP contribution in [0.4, 0.5) is 5.82 Å². The van der Waals surface area contributed by atoms with Crippen LogP contribution >= 0.6 is 11.6 Å². The van der Waals surface area contributed by atoms with Crippen LogP contribution < -0.4 is 11.5 Å². The van der Waals surface area contributed by atoms with E-state index in [9.17, 15) is 9.90 Å². The molecular weight excluding hydrogens is 378 g/mol. The average Bonchev–Trinajstić information content (AvgIpc) is 2.64. The summed E-state index contributed by atoms with van der Waals surface area (Å²) in [6.07, 6.45) is 1.50. The predicted octanol–water partition coefficient (Wildman–Crippen LogP) is 2.88. The van der Waals surface area contributed by atoms with Gasteiger partial charge in [0.2, 0.25) is 0 Å². The molecule has 0 aliphatic carbocycles. The molecule has 0 amide bonds. The van der Waals surface area contributed by atoms with Gasteiger partial charge in [-0.25, -0.2) is 4.98 Å². The van der Waals surface area contributed by atoms with Gasteiger partial charge in [0.15, 0.2) is 11.8 Å². The molecule has 0 fully saturated rings. The number of carboxylic acid groups (broad SMARTS) is 1. The van der Waals surface area contributed by atoms with E-state index in [0.29, 0.717) is 29.3 Å². The summed E-state index contributed by atoms with van der Waals surface area (Å²) in [5.41, 5.74) is 12.9. The maximum atomic E-state index is 11.3. The molecule has 0 saturated heterocycles. The number of carboxylic acids is 1. The number of guanidine groups is 1. The fourth-order valence-corrected chi connectivity index (χ4v) is 3.22. The second-order valence-electron chi connectivity index (χ2n) is 6.37. The molecule has 0 atom stereocenters. The molecule has 0 bridgehead atoms. The van der Waals surface area contributed by atoms with Crippen molar-refractivity contribution in [2.75, 3.05) is 6.54 Å². The van der Waals surface area contributed by atoms with Crippen molar-refractivity contribution in [2.45, 2.75) is 13.1 Å². The molecule has 0 unspecified atom stereocenters. The first kappa shape index (κ1) is 19.6. The Morgan fingerprint density at radius 2 is 1.79 bits per heavy atom. The number of aromatic nitrogens is 1. The highest BCUT2D eigenvalue weighted by atomic mass is 35.5. The highest BCUT2D eigenvalue weighted by molar-refractivity contribution is 6.35. The highest BCUT2D eigenvalue weighted by Gasteiger charge is 2.13. The van der Waals surface area contributed by atoms with Crippen LogP contribution in [-0.4, -0.2) is 33.5 Å². The summed E-state index contributed by atoms with van der Waals surface area (Å²) in [4.78, 5) is 21.4. The van der Waals surface area contributed by atoms with Gasteiger partial charge in [0.05, 0.1) is 11.6 Å². The third-order valence-electron chi connectivity index (χ3n) is 4.13. The van der Waals surface area contributed by atoms with E-state index in [2.05, 4.69) is 9.98 Å². The molecule has 0 radical (unpaired) electrons. The van der Waals surface area contributed by atoms with Crippen LogP contribution in [0.2, 0.25) is 5.02 Å². The summed E-state index contributed by atoms with van der Waals surface area (Å²) >= 11 is 6.24. The fraction of sp³-hybridized carbons (Fsp3) is 0.150. The Labute approximate surface area is 167 Å². The second kappa shape index (κ2) is 8.69. The minimum Gasteiger partial charge on any atom is -0.480 e. The molecule has 5 N–H and O–H groups in total. The fourth-order valence-electron chi connectivity index (χ4n) is 3.01. The lowest BCUT2D eigenvalue weighted by molar-refractivity contribution is -0.138. The first-order valence-corrected chi connectivity index (χ1v) is 8.95. The zero-order chi connectivity index (χ0) is 20.1. The quantitative estimate of drug-likeness (QED) is 0.416. The zero-order valence-corrected chi connectivity index (χ0v) is 15.8. The molecule has 1 heterocycles. The molecule has 28 heavy (non-hydrogen) atoms. The van der Waals surface area contributed by atoms with Crippen LogP contribution in [-0.2, 0) is 17.9 Å². The number of halogens is 1. The number of aliphatic imine (C=N–C) groups is 1. The van der Waals surface area contributed by atoms with Gasteiger partial charge in [-0.05, 0) is 17.2 Å². The molecule has 0 spiro atoms. The van der Waals surface area contributed by atoms with E-state index in [1.165, 1.54) is 6.20 Å². The summed E-state index contributed by atoms with van der Waals surface area (Å²) in [7, 11) is 0. The molecular formula is C20H20ClN5O2. The third-order valence-corrected chi connectivity index (χ3v) is 4.43. The van der Waals surface area contributed by atoms with Crippen molar-refractivity contribution in [1.82, 2.24) is 9.88 Å². The first-order valence-electron chi connectivity index (χ1n) is 8.57. The minimum atomic E-state index is -0.886. The van der Waals surface area contributed by atoms with Gasteiger partial charge in [0, 0.05) is 30.1 Å². The van der Waals surface area contributed by atoms with E-state index in [1.54, 1.807) is 0 Å². The predicted molar refractivity (Wildman–Crippen MR) is 110 cm³/mol. The van der Waals surface area contributed by atoms with Crippen LogP contribution in [0.1, 0.15) is 11.1 Å². The largest absolute Gasteiger partial charge is 0.480 e. The Morgan fingerprint density at radius 3 is 2.46 bits per heavy atom. The first-order chi connectivity index (χ1) is 13.4. The monoisotopic (exact) mass is 397 g/mol. The number of nitrogens with zero attached hydrogens (tertiary/aromatic N) is 3. The number of fused-ring (bicyclic) bond motifs is 1. The summed E-state index contributed by atoms with van der Waals surface area (Å²) in [6, 6.07) is 15.4. The van der Waals surface area contributed by atoms with Crippen LogP contribution in [0.25, 0.3) is 10.8 Å². The maximum Gasteiger partial charge on any atom is 0.317 e. The zero-order valence-electron chi connectivity index (χ0n) is 15.0. The Bertz CT molecular complexity index is 1020. The molecule has 8 heteroatoms. The number of carbonyl (C=O) groups is 1. The van der Waals surface area contributed by atoms with Gasteiger partial charge in [0.1, 0.15) is 0 Å². The molecule has 0 aliphatic heterocycles. The second-order valence-corrected chi connectivity index (χ2v) is 6.78. The smallest absolute Gasteiger partial charge is 0.317 e. The van der Waals surface area contributed by atoms with Crippen LogP contribution in [0, 0.1) is 0 Å². The minimum absolute atomic E-state index is 0.0819. The number of benzene rings is 2. The van der Waals surface area contributed by atoms with E-state index >= 15 is 0 Å². The molecule has 3 rings (SSSR count). The van der Waals surface area contributed by atoms with E-state index in [0.717, 1.165) is 16.5 Å². The lowest BCUT2D eigenvalue weighted by Gasteiger charge is -2.21. The van der Waals surface area contributed by atoms with Gasteiger partial charge in [-0.15, -0.1) is 0 Å². The Kier molecular flexibility index (Phi) is 6.08. The molecule has 0 saturated carbocycles. The molecule has 2 aromatic carbocycles. The number of nitrogens with two attached hydrogens (primary N) is 2. The van der Waals surface area contributed by atoms with Crippen molar-refractivity contribution in [3.8, 4) is 0 Å². The van der Waals surface area contributed by atoms with Crippen LogP contribution in [0.15, 0.2) is 59.7 Å². The van der Waals surface area contributed by atoms with Gasteiger partial charge in [-0.2, -0.15) is 4.99 Å². The SMILES string of the molecule is NC(N)=Nc1ncc(Cl)c2ccc(CN(CC(=O)O)Cc3ccccc3)cc12. The van der Waals surface area contributed by atoms with Gasteiger partial charge in [-0.1, -0.05) is 54.1 Å². The summed E-state index contributed by atoms with van der Waals surface area (Å²) in [6.45, 7) is 0.867. The van der Waals surface area contributed by atoms with E-state index in [4.69, 9.17) is 23.1 Å². The molecule has 1 aromatic heterocycles. The maximum absolute atomic E-state index is 11.3. The van der Waals surface area contributed by atoms with Crippen LogP contribution in [0.5, 0.6) is 0 Å². The van der Waals surface area contributed by atoms with Gasteiger partial charge >= 0.3 is 5.97 Å². The molecule has 7 nitrogen and oxygen atoms in total. The standard InChI is InChI=1S/C20H20ClN5O2/c21-17-9-24-19(25-20(22)23)16-8-14(6-7-15(16)17)11-26(12-18(27)28)10-13-4-2-1-3-5-13/h1-9H,10-12H2,(H,27,28)(H4,22,23,24,25). The van der Waals surface area contributed by atoms with E-state index in [-0.39, 0.29) is 12.5 Å². The van der Waals surface area contributed by atoms with Gasteiger partial charge < -0.3 is 16.6 Å². The van der Waals surface area contributed by atoms with E-state index < -0.39 is 5.97 Å². The number of rotatable bonds is 7. The van der Waals surface area contributed by atoms with E-state index in [1.807, 2.05) is 53.4 Å². The summed E-state index contributed by atoms with van der Waals surface area (Å²) in [5.74, 6) is -0.616. The van der Waals surface area contributed by atoms with Crippen LogP contribution in [0.3, 0.4) is 0 Å². The number of pyridine rings is 1. The van der Waals surface area contributed by atoms with Crippen molar-refractivity contribution < 1.29 is 9.90 Å².